The quantitative estimate of drug-likeness (QED) is 0.470. The molecule has 0 saturated heterocycles. The Labute approximate surface area is 178 Å². The highest BCUT2D eigenvalue weighted by Gasteiger charge is 2.20. The van der Waals surface area contributed by atoms with E-state index in [0.29, 0.717) is 10.8 Å². The highest BCUT2D eigenvalue weighted by atomic mass is 35.5. The molecular formula is C21H19ClN2O5S. The molecule has 0 bridgehead atoms. The average molecular weight is 447 g/mol. The van der Waals surface area contributed by atoms with Gasteiger partial charge in [0.25, 0.3) is 10.0 Å². The fraction of sp³-hybridized carbons (Fsp3) is 0.143. The van der Waals surface area contributed by atoms with Crippen molar-refractivity contribution in [3.63, 3.8) is 0 Å². The predicted octanol–water partition coefficient (Wildman–Crippen LogP) is 4.51. The van der Waals surface area contributed by atoms with Gasteiger partial charge in [-0.2, -0.15) is 0 Å². The number of ether oxygens (including phenoxy) is 2. The molecule has 0 aliphatic rings. The monoisotopic (exact) mass is 446 g/mol. The molecule has 2 N–H and O–H groups in total. The van der Waals surface area contributed by atoms with Crippen LogP contribution in [-0.2, 0) is 17.1 Å². The molecule has 4 rings (SSSR count). The lowest BCUT2D eigenvalue weighted by molar-refractivity contribution is 0.405. The van der Waals surface area contributed by atoms with Gasteiger partial charge in [0.05, 0.1) is 35.3 Å². The van der Waals surface area contributed by atoms with Crippen molar-refractivity contribution in [3.05, 3.63) is 53.6 Å². The third-order valence-corrected chi connectivity index (χ3v) is 6.65. The van der Waals surface area contributed by atoms with Crippen molar-refractivity contribution in [2.75, 3.05) is 18.9 Å². The molecule has 4 aromatic rings. The molecule has 0 aliphatic heterocycles. The van der Waals surface area contributed by atoms with Crippen LogP contribution in [-0.4, -0.2) is 32.3 Å². The van der Waals surface area contributed by atoms with Crippen LogP contribution < -0.4 is 14.2 Å². The van der Waals surface area contributed by atoms with E-state index in [0.717, 1.165) is 21.8 Å². The van der Waals surface area contributed by atoms with Crippen LogP contribution in [0.2, 0.25) is 5.02 Å². The number of sulfonamides is 1. The number of benzene rings is 3. The molecule has 0 radical (unpaired) electrons. The normalized spacial score (nSPS) is 11.7. The van der Waals surface area contributed by atoms with Gasteiger partial charge in [0.15, 0.2) is 0 Å². The fourth-order valence-electron chi connectivity index (χ4n) is 3.49. The van der Waals surface area contributed by atoms with E-state index in [1.807, 2.05) is 11.6 Å². The molecule has 0 fully saturated rings. The maximum atomic E-state index is 13.1. The Hall–Kier alpha value is -3.10. The standard InChI is InChI=1S/C21H19ClN2O5S/c1-24-18-7-5-13(9-15(18)14-6-4-12(25)8-19(14)24)30(26,27)23-17-11-20(28-2)16(22)10-21(17)29-3/h4-11,23,25H,1-3H3. The van der Waals surface area contributed by atoms with Gasteiger partial charge in [-0.15, -0.1) is 0 Å². The highest BCUT2D eigenvalue weighted by Crippen LogP contribution is 2.37. The van der Waals surface area contributed by atoms with Crippen LogP contribution in [0.25, 0.3) is 21.8 Å². The van der Waals surface area contributed by atoms with Crippen LogP contribution in [0.5, 0.6) is 17.2 Å². The summed E-state index contributed by atoms with van der Waals surface area (Å²) in [5.41, 5.74) is 1.86. The molecule has 9 heteroatoms. The minimum absolute atomic E-state index is 0.0894. The number of phenols is 1. The van der Waals surface area contributed by atoms with Gasteiger partial charge < -0.3 is 19.1 Å². The molecule has 0 saturated carbocycles. The van der Waals surface area contributed by atoms with Crippen LogP contribution in [0.15, 0.2) is 53.4 Å². The third kappa shape index (κ3) is 3.28. The maximum absolute atomic E-state index is 13.1. The molecule has 0 atom stereocenters. The molecule has 0 unspecified atom stereocenters. The number of methoxy groups -OCH3 is 2. The number of phenolic OH excluding ortho intramolecular Hbond substituents is 1. The smallest absolute Gasteiger partial charge is 0.262 e. The number of hydrogen-bond donors (Lipinski definition) is 2. The van der Waals surface area contributed by atoms with Crippen molar-refractivity contribution in [2.24, 2.45) is 7.05 Å². The SMILES string of the molecule is COc1cc(NS(=O)(=O)c2ccc3c(c2)c2ccc(O)cc2n3C)c(OC)cc1Cl. The Morgan fingerprint density at radius 3 is 2.37 bits per heavy atom. The molecule has 3 aromatic carbocycles. The Balaban J connectivity index is 1.83. The van der Waals surface area contributed by atoms with Crippen LogP contribution in [0.4, 0.5) is 5.69 Å². The lowest BCUT2D eigenvalue weighted by atomic mass is 10.1. The second kappa shape index (κ2) is 7.30. The minimum Gasteiger partial charge on any atom is -0.508 e. The summed E-state index contributed by atoms with van der Waals surface area (Å²) in [5, 5.41) is 11.7. The number of aromatic nitrogens is 1. The average Bonchev–Trinajstić information content (AvgIpc) is 3.00. The zero-order valence-corrected chi connectivity index (χ0v) is 18.0. The van der Waals surface area contributed by atoms with Crippen LogP contribution in [0.1, 0.15) is 0 Å². The summed E-state index contributed by atoms with van der Waals surface area (Å²) < 4.78 is 41.1. The summed E-state index contributed by atoms with van der Waals surface area (Å²) in [7, 11) is 0.799. The summed E-state index contributed by atoms with van der Waals surface area (Å²) in [6.45, 7) is 0. The number of nitrogens with one attached hydrogen (secondary N) is 1. The van der Waals surface area contributed by atoms with E-state index in [2.05, 4.69) is 4.72 Å². The zero-order chi connectivity index (χ0) is 21.6. The van der Waals surface area contributed by atoms with Crippen LogP contribution >= 0.6 is 11.6 Å². The van der Waals surface area contributed by atoms with E-state index < -0.39 is 10.0 Å². The van der Waals surface area contributed by atoms with E-state index in [9.17, 15) is 13.5 Å². The fourth-order valence-corrected chi connectivity index (χ4v) is 4.81. The zero-order valence-electron chi connectivity index (χ0n) is 16.4. The topological polar surface area (TPSA) is 89.8 Å². The Kier molecular flexibility index (Phi) is 4.91. The summed E-state index contributed by atoms with van der Waals surface area (Å²) in [5.74, 6) is 0.734. The molecule has 1 aromatic heterocycles. The number of hydrogen-bond acceptors (Lipinski definition) is 5. The van der Waals surface area contributed by atoms with E-state index in [1.165, 1.54) is 32.4 Å². The van der Waals surface area contributed by atoms with Crippen molar-refractivity contribution >= 4 is 49.1 Å². The van der Waals surface area contributed by atoms with Gasteiger partial charge in [0, 0.05) is 41.5 Å². The van der Waals surface area contributed by atoms with Gasteiger partial charge in [0.2, 0.25) is 0 Å². The van der Waals surface area contributed by atoms with E-state index in [1.54, 1.807) is 30.3 Å². The Morgan fingerprint density at radius 1 is 0.933 bits per heavy atom. The largest absolute Gasteiger partial charge is 0.508 e. The first kappa shape index (κ1) is 20.2. The number of anilines is 1. The van der Waals surface area contributed by atoms with Crippen molar-refractivity contribution in [1.29, 1.82) is 0 Å². The van der Waals surface area contributed by atoms with E-state index >= 15 is 0 Å². The number of aromatic hydroxyl groups is 1. The Morgan fingerprint density at radius 2 is 1.67 bits per heavy atom. The van der Waals surface area contributed by atoms with Gasteiger partial charge >= 0.3 is 0 Å². The Bertz CT molecular complexity index is 1400. The molecule has 0 spiro atoms. The highest BCUT2D eigenvalue weighted by molar-refractivity contribution is 7.92. The second-order valence-corrected chi connectivity index (χ2v) is 8.82. The van der Waals surface area contributed by atoms with E-state index in [4.69, 9.17) is 21.1 Å². The molecule has 30 heavy (non-hydrogen) atoms. The lowest BCUT2D eigenvalue weighted by Crippen LogP contribution is -2.13. The van der Waals surface area contributed by atoms with Gasteiger partial charge in [-0.25, -0.2) is 8.42 Å². The molecule has 0 amide bonds. The number of fused-ring (bicyclic) bond motifs is 3. The van der Waals surface area contributed by atoms with Crippen molar-refractivity contribution in [2.45, 2.75) is 4.90 Å². The van der Waals surface area contributed by atoms with Gasteiger partial charge in [-0.1, -0.05) is 11.6 Å². The number of rotatable bonds is 5. The second-order valence-electron chi connectivity index (χ2n) is 6.73. The summed E-state index contributed by atoms with van der Waals surface area (Å²) in [6.07, 6.45) is 0. The van der Waals surface area contributed by atoms with Crippen LogP contribution in [0.3, 0.4) is 0 Å². The summed E-state index contributed by atoms with van der Waals surface area (Å²) >= 11 is 6.10. The minimum atomic E-state index is -3.93. The first-order valence-corrected chi connectivity index (χ1v) is 10.8. The van der Waals surface area contributed by atoms with Gasteiger partial charge in [-0.05, 0) is 30.3 Å². The first-order valence-electron chi connectivity index (χ1n) is 8.90. The van der Waals surface area contributed by atoms with Gasteiger partial charge in [0.1, 0.15) is 17.2 Å². The molecule has 7 nitrogen and oxygen atoms in total. The third-order valence-electron chi connectivity index (χ3n) is 4.99. The summed E-state index contributed by atoms with van der Waals surface area (Å²) in [4.78, 5) is 0.0894. The van der Waals surface area contributed by atoms with Crippen molar-refractivity contribution in [3.8, 4) is 17.2 Å². The molecular weight excluding hydrogens is 428 g/mol. The molecule has 156 valence electrons. The lowest BCUT2D eigenvalue weighted by Gasteiger charge is -2.14. The van der Waals surface area contributed by atoms with Gasteiger partial charge in [-0.3, -0.25) is 4.72 Å². The first-order chi connectivity index (χ1) is 14.2. The molecule has 1 heterocycles. The summed E-state index contributed by atoms with van der Waals surface area (Å²) in [6, 6.07) is 12.8. The maximum Gasteiger partial charge on any atom is 0.262 e. The number of halogens is 1. The molecule has 0 aliphatic carbocycles. The number of aryl methyl sites for hydroxylation is 1. The van der Waals surface area contributed by atoms with Crippen LogP contribution in [0, 0.1) is 0 Å². The van der Waals surface area contributed by atoms with E-state index in [-0.39, 0.29) is 22.1 Å². The predicted molar refractivity (Wildman–Crippen MR) is 117 cm³/mol. The van der Waals surface area contributed by atoms with Crippen molar-refractivity contribution < 1.29 is 23.0 Å². The number of nitrogens with zero attached hydrogens (tertiary/aromatic N) is 1. The van der Waals surface area contributed by atoms with Crippen molar-refractivity contribution in [1.82, 2.24) is 4.57 Å².